The van der Waals surface area contributed by atoms with Crippen molar-refractivity contribution in [2.45, 2.75) is 30.6 Å². The summed E-state index contributed by atoms with van der Waals surface area (Å²) in [5, 5.41) is 7.93. The average Bonchev–Trinajstić information content (AvgIpc) is 3.18. The molecule has 0 radical (unpaired) electrons. The van der Waals surface area contributed by atoms with Crippen LogP contribution in [0.1, 0.15) is 12.8 Å². The van der Waals surface area contributed by atoms with E-state index in [9.17, 15) is 4.79 Å². The van der Waals surface area contributed by atoms with E-state index in [1.54, 1.807) is 16.7 Å². The van der Waals surface area contributed by atoms with Gasteiger partial charge in [0.05, 0.1) is 19.3 Å². The third kappa shape index (κ3) is 4.53. The summed E-state index contributed by atoms with van der Waals surface area (Å²) >= 11 is 7.32. The summed E-state index contributed by atoms with van der Waals surface area (Å²) in [6.45, 7) is 1.84. The van der Waals surface area contributed by atoms with Gasteiger partial charge in [0.15, 0.2) is 5.16 Å². The normalized spacial score (nSPS) is 17.5. The number of thioether (sulfide) groups is 1. The summed E-state index contributed by atoms with van der Waals surface area (Å²) in [6.07, 6.45) is 2.14. The van der Waals surface area contributed by atoms with Crippen molar-refractivity contribution in [2.24, 2.45) is 0 Å². The van der Waals surface area contributed by atoms with E-state index in [4.69, 9.17) is 21.1 Å². The Morgan fingerprint density at radius 1 is 1.43 bits per heavy atom. The monoisotopic (exact) mass is 355 g/mol. The predicted octanol–water partition coefficient (Wildman–Crippen LogP) is 2.57. The molecule has 2 heterocycles. The summed E-state index contributed by atoms with van der Waals surface area (Å²) in [5.41, 5.74) is -0.193. The third-order valence-corrected chi connectivity index (χ3v) is 4.72. The minimum atomic E-state index is -0.193. The number of rotatable bonds is 7. The van der Waals surface area contributed by atoms with Gasteiger partial charge in [-0.2, -0.15) is 0 Å². The molecule has 1 aromatic carbocycles. The molecule has 1 saturated heterocycles. The highest BCUT2D eigenvalue weighted by Crippen LogP contribution is 2.19. The number of H-pyrrole nitrogens is 1. The first kappa shape index (κ1) is 16.4. The van der Waals surface area contributed by atoms with Gasteiger partial charge in [-0.3, -0.25) is 4.57 Å². The third-order valence-electron chi connectivity index (χ3n) is 3.53. The van der Waals surface area contributed by atoms with Crippen LogP contribution in [0.2, 0.25) is 5.02 Å². The summed E-state index contributed by atoms with van der Waals surface area (Å²) in [7, 11) is 0. The number of halogens is 1. The van der Waals surface area contributed by atoms with Crippen LogP contribution < -0.4 is 10.4 Å². The van der Waals surface area contributed by atoms with E-state index < -0.39 is 0 Å². The standard InChI is InChI=1S/C15H18ClN3O3S/c16-11-3-5-12(6-4-11)22-8-9-23-15-18-17-14(20)19(15)10-13-2-1-7-21-13/h3-6,13H,1-2,7-10H2,(H,17,20). The van der Waals surface area contributed by atoms with E-state index in [-0.39, 0.29) is 11.8 Å². The van der Waals surface area contributed by atoms with Crippen LogP contribution in [-0.4, -0.2) is 39.8 Å². The Bertz CT molecular complexity index is 680. The Kier molecular flexibility index (Phi) is 5.64. The molecule has 0 saturated carbocycles. The molecule has 8 heteroatoms. The van der Waals surface area contributed by atoms with Crippen LogP contribution >= 0.6 is 23.4 Å². The van der Waals surface area contributed by atoms with Crippen molar-refractivity contribution in [3.63, 3.8) is 0 Å². The van der Waals surface area contributed by atoms with Crippen LogP contribution in [0.3, 0.4) is 0 Å². The maximum atomic E-state index is 11.8. The largest absolute Gasteiger partial charge is 0.493 e. The van der Waals surface area contributed by atoms with Crippen molar-refractivity contribution in [2.75, 3.05) is 19.0 Å². The molecule has 2 aromatic rings. The maximum absolute atomic E-state index is 11.8. The van der Waals surface area contributed by atoms with Gasteiger partial charge in [0.25, 0.3) is 0 Å². The number of hydrogen-bond acceptors (Lipinski definition) is 5. The van der Waals surface area contributed by atoms with E-state index in [2.05, 4.69) is 10.2 Å². The second-order valence-corrected chi connectivity index (χ2v) is 6.71. The maximum Gasteiger partial charge on any atom is 0.344 e. The first-order chi connectivity index (χ1) is 11.2. The highest BCUT2D eigenvalue weighted by molar-refractivity contribution is 7.99. The Morgan fingerprint density at radius 2 is 2.26 bits per heavy atom. The average molecular weight is 356 g/mol. The molecule has 3 rings (SSSR count). The fourth-order valence-corrected chi connectivity index (χ4v) is 3.29. The van der Waals surface area contributed by atoms with E-state index in [1.807, 2.05) is 12.1 Å². The Morgan fingerprint density at radius 3 is 3.00 bits per heavy atom. The lowest BCUT2D eigenvalue weighted by molar-refractivity contribution is 0.0941. The minimum Gasteiger partial charge on any atom is -0.493 e. The van der Waals surface area contributed by atoms with Crippen molar-refractivity contribution in [3.8, 4) is 5.75 Å². The highest BCUT2D eigenvalue weighted by atomic mass is 35.5. The zero-order valence-electron chi connectivity index (χ0n) is 12.5. The number of benzene rings is 1. The molecule has 1 fully saturated rings. The van der Waals surface area contributed by atoms with Crippen molar-refractivity contribution in [1.82, 2.24) is 14.8 Å². The zero-order valence-corrected chi connectivity index (χ0v) is 14.1. The number of nitrogens with one attached hydrogen (secondary N) is 1. The van der Waals surface area contributed by atoms with Crippen molar-refractivity contribution < 1.29 is 9.47 Å². The second kappa shape index (κ2) is 7.90. The lowest BCUT2D eigenvalue weighted by Gasteiger charge is -2.11. The number of hydrogen-bond donors (Lipinski definition) is 1. The second-order valence-electron chi connectivity index (χ2n) is 5.21. The Labute approximate surface area is 143 Å². The topological polar surface area (TPSA) is 69.1 Å². The molecule has 0 spiro atoms. The summed E-state index contributed by atoms with van der Waals surface area (Å²) in [5.74, 6) is 1.46. The molecule has 6 nitrogen and oxygen atoms in total. The molecule has 1 aliphatic rings. The van der Waals surface area contributed by atoms with E-state index in [1.165, 1.54) is 11.8 Å². The number of aromatic amines is 1. The van der Waals surface area contributed by atoms with Crippen LogP contribution in [0.5, 0.6) is 5.75 Å². The molecule has 124 valence electrons. The highest BCUT2D eigenvalue weighted by Gasteiger charge is 2.19. The van der Waals surface area contributed by atoms with E-state index >= 15 is 0 Å². The molecule has 0 amide bonds. The van der Waals surface area contributed by atoms with E-state index in [0.717, 1.165) is 25.2 Å². The number of aromatic nitrogens is 3. The van der Waals surface area contributed by atoms with Gasteiger partial charge in [-0.1, -0.05) is 23.4 Å². The van der Waals surface area contributed by atoms with Gasteiger partial charge in [0, 0.05) is 17.4 Å². The van der Waals surface area contributed by atoms with Gasteiger partial charge in [0.1, 0.15) is 5.75 Å². The van der Waals surface area contributed by atoms with Crippen LogP contribution in [0.4, 0.5) is 0 Å². The van der Waals surface area contributed by atoms with Crippen LogP contribution in [-0.2, 0) is 11.3 Å². The lowest BCUT2D eigenvalue weighted by atomic mass is 10.2. The molecule has 1 atom stereocenters. The molecule has 1 aromatic heterocycles. The molecule has 0 bridgehead atoms. The van der Waals surface area contributed by atoms with E-state index in [0.29, 0.717) is 29.1 Å². The summed E-state index contributed by atoms with van der Waals surface area (Å²) in [4.78, 5) is 11.8. The van der Waals surface area contributed by atoms with Crippen LogP contribution in [0.25, 0.3) is 0 Å². The SMILES string of the molecule is O=c1[nH]nc(SCCOc2ccc(Cl)cc2)n1CC1CCCO1. The minimum absolute atomic E-state index is 0.106. The summed E-state index contributed by atoms with van der Waals surface area (Å²) in [6, 6.07) is 7.23. The molecular weight excluding hydrogens is 338 g/mol. The Hall–Kier alpha value is -1.44. The van der Waals surface area contributed by atoms with Crippen molar-refractivity contribution >= 4 is 23.4 Å². The molecule has 1 unspecified atom stereocenters. The van der Waals surface area contributed by atoms with Crippen LogP contribution in [0, 0.1) is 0 Å². The quantitative estimate of drug-likeness (QED) is 0.610. The smallest absolute Gasteiger partial charge is 0.344 e. The fraction of sp³-hybridized carbons (Fsp3) is 0.467. The molecule has 23 heavy (non-hydrogen) atoms. The number of ether oxygens (including phenoxy) is 2. The van der Waals surface area contributed by atoms with Gasteiger partial charge in [-0.25, -0.2) is 9.89 Å². The van der Waals surface area contributed by atoms with Crippen molar-refractivity contribution in [1.29, 1.82) is 0 Å². The van der Waals surface area contributed by atoms with Gasteiger partial charge in [0.2, 0.25) is 0 Å². The fourth-order valence-electron chi connectivity index (χ4n) is 2.39. The summed E-state index contributed by atoms with van der Waals surface area (Å²) < 4.78 is 12.9. The Balaban J connectivity index is 1.50. The molecular formula is C15H18ClN3O3S. The zero-order chi connectivity index (χ0) is 16.1. The first-order valence-corrected chi connectivity index (χ1v) is 8.87. The van der Waals surface area contributed by atoms with Gasteiger partial charge < -0.3 is 9.47 Å². The predicted molar refractivity (Wildman–Crippen MR) is 89.5 cm³/mol. The van der Waals surface area contributed by atoms with Crippen molar-refractivity contribution in [3.05, 3.63) is 39.8 Å². The van der Waals surface area contributed by atoms with Gasteiger partial charge in [-0.15, -0.1) is 5.10 Å². The first-order valence-electron chi connectivity index (χ1n) is 7.50. The lowest BCUT2D eigenvalue weighted by Crippen LogP contribution is -2.25. The van der Waals surface area contributed by atoms with Gasteiger partial charge in [-0.05, 0) is 37.1 Å². The van der Waals surface area contributed by atoms with Crippen LogP contribution in [0.15, 0.2) is 34.2 Å². The molecule has 0 aliphatic carbocycles. The van der Waals surface area contributed by atoms with Gasteiger partial charge >= 0.3 is 5.69 Å². The molecule has 1 N–H and O–H groups in total. The number of nitrogens with zero attached hydrogens (tertiary/aromatic N) is 2. The molecule has 1 aliphatic heterocycles.